The molecule has 3 nitrogen and oxygen atoms in total. The van der Waals surface area contributed by atoms with E-state index < -0.39 is 0 Å². The molecule has 2 fully saturated rings. The quantitative estimate of drug-likeness (QED) is 0.608. The van der Waals surface area contributed by atoms with Gasteiger partial charge in [-0.3, -0.25) is 4.79 Å². The van der Waals surface area contributed by atoms with Crippen molar-refractivity contribution in [3.63, 3.8) is 0 Å². The second-order valence-corrected chi connectivity index (χ2v) is 5.04. The third kappa shape index (κ3) is 1.59. The molecule has 0 radical (unpaired) electrons. The van der Waals surface area contributed by atoms with Gasteiger partial charge in [0.05, 0.1) is 0 Å². The van der Waals surface area contributed by atoms with E-state index in [-0.39, 0.29) is 5.92 Å². The van der Waals surface area contributed by atoms with Gasteiger partial charge in [0.1, 0.15) is 5.78 Å². The van der Waals surface area contributed by atoms with Gasteiger partial charge < -0.3 is 9.80 Å². The molecule has 2 bridgehead atoms. The monoisotopic (exact) mass is 196 g/mol. The van der Waals surface area contributed by atoms with Crippen LogP contribution in [0.1, 0.15) is 12.8 Å². The summed E-state index contributed by atoms with van der Waals surface area (Å²) in [6, 6.07) is 0.474. The average Bonchev–Trinajstić information content (AvgIpc) is 2.07. The number of piperidine rings is 1. The molecular weight excluding hydrogens is 176 g/mol. The van der Waals surface area contributed by atoms with Crippen LogP contribution in [0.5, 0.6) is 0 Å². The molecule has 80 valence electrons. The Hall–Kier alpha value is -0.410. The number of hydrogen-bond donors (Lipinski definition) is 0. The lowest BCUT2D eigenvalue weighted by Crippen LogP contribution is -2.56. The SMILES string of the molecule is CN1CC2CC[C@H](N(C)C)C(C1)C2=O. The Labute approximate surface area is 86.1 Å². The summed E-state index contributed by atoms with van der Waals surface area (Å²) in [4.78, 5) is 16.5. The Kier molecular flexibility index (Phi) is 2.62. The molecule has 1 aliphatic heterocycles. The van der Waals surface area contributed by atoms with Crippen LogP contribution in [0, 0.1) is 11.8 Å². The van der Waals surface area contributed by atoms with Crippen molar-refractivity contribution < 1.29 is 4.79 Å². The van der Waals surface area contributed by atoms with Gasteiger partial charge in [0, 0.05) is 31.0 Å². The third-order valence-corrected chi connectivity index (χ3v) is 3.75. The highest BCUT2D eigenvalue weighted by Gasteiger charge is 2.42. The summed E-state index contributed by atoms with van der Waals surface area (Å²) in [5.74, 6) is 1.12. The minimum Gasteiger partial charge on any atom is -0.306 e. The van der Waals surface area contributed by atoms with E-state index in [1.807, 2.05) is 0 Å². The first-order chi connectivity index (χ1) is 6.59. The van der Waals surface area contributed by atoms with Gasteiger partial charge in [-0.05, 0) is 34.0 Å². The number of carbonyl (C=O) groups is 1. The molecule has 2 aliphatic rings. The minimum absolute atomic E-state index is 0.266. The number of carbonyl (C=O) groups excluding carboxylic acids is 1. The maximum Gasteiger partial charge on any atom is 0.143 e. The maximum absolute atomic E-state index is 12.0. The first-order valence-corrected chi connectivity index (χ1v) is 5.48. The summed E-state index contributed by atoms with van der Waals surface area (Å²) >= 11 is 0. The van der Waals surface area contributed by atoms with Gasteiger partial charge in [0.2, 0.25) is 0 Å². The highest BCUT2D eigenvalue weighted by atomic mass is 16.1. The highest BCUT2D eigenvalue weighted by molar-refractivity contribution is 5.86. The first-order valence-electron chi connectivity index (χ1n) is 5.48. The molecule has 0 aromatic carbocycles. The van der Waals surface area contributed by atoms with Gasteiger partial charge >= 0.3 is 0 Å². The van der Waals surface area contributed by atoms with Crippen molar-refractivity contribution in [2.75, 3.05) is 34.2 Å². The number of nitrogens with zero attached hydrogens (tertiary/aromatic N) is 2. The zero-order chi connectivity index (χ0) is 10.3. The predicted molar refractivity (Wildman–Crippen MR) is 56.2 cm³/mol. The van der Waals surface area contributed by atoms with Gasteiger partial charge in [-0.25, -0.2) is 0 Å². The summed E-state index contributed by atoms with van der Waals surface area (Å²) in [6.07, 6.45) is 2.28. The molecule has 3 atom stereocenters. The lowest BCUT2D eigenvalue weighted by molar-refractivity contribution is -0.137. The van der Waals surface area contributed by atoms with E-state index in [4.69, 9.17) is 0 Å². The number of Topliss-reactive ketones (excluding diaryl/α,β-unsaturated/α-hetero) is 1. The molecule has 0 N–H and O–H groups in total. The fourth-order valence-corrected chi connectivity index (χ4v) is 3.01. The van der Waals surface area contributed by atoms with Crippen molar-refractivity contribution in [2.45, 2.75) is 18.9 Å². The van der Waals surface area contributed by atoms with E-state index in [1.165, 1.54) is 6.42 Å². The smallest absolute Gasteiger partial charge is 0.143 e. The lowest BCUT2D eigenvalue weighted by Gasteiger charge is -2.45. The molecule has 2 rings (SSSR count). The summed E-state index contributed by atoms with van der Waals surface area (Å²) in [5.41, 5.74) is 0. The molecule has 3 heteroatoms. The van der Waals surface area contributed by atoms with Crippen molar-refractivity contribution in [2.24, 2.45) is 11.8 Å². The normalized spacial score (nSPS) is 39.1. The largest absolute Gasteiger partial charge is 0.306 e. The molecule has 0 aromatic heterocycles. The molecule has 0 amide bonds. The standard InChI is InChI=1S/C11H20N2O/c1-12(2)10-5-4-8-6-13(3)7-9(10)11(8)14/h8-10H,4-7H2,1-3H3/t8?,9?,10-/m0/s1. The van der Waals surface area contributed by atoms with Crippen LogP contribution in [-0.4, -0.2) is 55.9 Å². The van der Waals surface area contributed by atoms with Gasteiger partial charge in [-0.1, -0.05) is 0 Å². The summed E-state index contributed by atoms with van der Waals surface area (Å²) in [6.45, 7) is 1.94. The zero-order valence-electron chi connectivity index (χ0n) is 9.36. The minimum atomic E-state index is 0.266. The molecule has 14 heavy (non-hydrogen) atoms. The second kappa shape index (κ2) is 3.63. The Morgan fingerprint density at radius 1 is 1.29 bits per heavy atom. The fourth-order valence-electron chi connectivity index (χ4n) is 3.01. The van der Waals surface area contributed by atoms with Gasteiger partial charge in [-0.15, -0.1) is 0 Å². The second-order valence-electron chi connectivity index (χ2n) is 5.04. The van der Waals surface area contributed by atoms with E-state index in [1.54, 1.807) is 0 Å². The van der Waals surface area contributed by atoms with Crippen LogP contribution >= 0.6 is 0 Å². The van der Waals surface area contributed by atoms with Crippen LogP contribution in [0.25, 0.3) is 0 Å². The molecule has 0 spiro atoms. The van der Waals surface area contributed by atoms with Crippen LogP contribution in [0.4, 0.5) is 0 Å². The predicted octanol–water partition coefficient (Wildman–Crippen LogP) is 0.457. The van der Waals surface area contributed by atoms with Gasteiger partial charge in [0.15, 0.2) is 0 Å². The summed E-state index contributed by atoms with van der Waals surface area (Å²) < 4.78 is 0. The zero-order valence-corrected chi connectivity index (χ0v) is 9.36. The molecule has 1 saturated carbocycles. The molecule has 0 aromatic rings. The van der Waals surface area contributed by atoms with E-state index in [9.17, 15) is 4.79 Å². The lowest BCUT2D eigenvalue weighted by atomic mass is 9.73. The number of fused-ring (bicyclic) bond motifs is 2. The van der Waals surface area contributed by atoms with Gasteiger partial charge in [0.25, 0.3) is 0 Å². The third-order valence-electron chi connectivity index (χ3n) is 3.75. The maximum atomic E-state index is 12.0. The van der Waals surface area contributed by atoms with Crippen LogP contribution in [-0.2, 0) is 4.79 Å². The highest BCUT2D eigenvalue weighted by Crippen LogP contribution is 2.33. The van der Waals surface area contributed by atoms with Crippen molar-refractivity contribution in [3.05, 3.63) is 0 Å². The first kappa shape index (κ1) is 10.1. The number of likely N-dealkylation sites (tertiary alicyclic amines) is 1. The summed E-state index contributed by atoms with van der Waals surface area (Å²) in [7, 11) is 6.31. The summed E-state index contributed by atoms with van der Waals surface area (Å²) in [5, 5.41) is 0. The number of ketones is 1. The Bertz CT molecular complexity index is 239. The Morgan fingerprint density at radius 2 is 2.00 bits per heavy atom. The van der Waals surface area contributed by atoms with Crippen LogP contribution in [0.15, 0.2) is 0 Å². The molecule has 1 saturated heterocycles. The van der Waals surface area contributed by atoms with Crippen molar-refractivity contribution in [3.8, 4) is 0 Å². The van der Waals surface area contributed by atoms with E-state index in [0.29, 0.717) is 17.7 Å². The molecule has 1 heterocycles. The Balaban J connectivity index is 2.16. The van der Waals surface area contributed by atoms with Crippen LogP contribution in [0.3, 0.4) is 0 Å². The van der Waals surface area contributed by atoms with Crippen molar-refractivity contribution in [1.29, 1.82) is 0 Å². The Morgan fingerprint density at radius 3 is 2.64 bits per heavy atom. The molecule has 1 aliphatic carbocycles. The van der Waals surface area contributed by atoms with Crippen LogP contribution in [0.2, 0.25) is 0 Å². The van der Waals surface area contributed by atoms with E-state index in [0.717, 1.165) is 19.5 Å². The average molecular weight is 196 g/mol. The topological polar surface area (TPSA) is 23.6 Å². The van der Waals surface area contributed by atoms with Crippen LogP contribution < -0.4 is 0 Å². The van der Waals surface area contributed by atoms with E-state index >= 15 is 0 Å². The number of rotatable bonds is 1. The molecular formula is C11H20N2O. The van der Waals surface area contributed by atoms with Crippen molar-refractivity contribution >= 4 is 5.78 Å². The van der Waals surface area contributed by atoms with Gasteiger partial charge in [-0.2, -0.15) is 0 Å². The number of hydrogen-bond acceptors (Lipinski definition) is 3. The fraction of sp³-hybridized carbons (Fsp3) is 0.909. The molecule has 2 unspecified atom stereocenters. The van der Waals surface area contributed by atoms with Crippen molar-refractivity contribution in [1.82, 2.24) is 9.80 Å². The van der Waals surface area contributed by atoms with E-state index in [2.05, 4.69) is 30.9 Å².